The molecule has 8 heteroatoms. The normalized spacial score (nSPS) is 15.3. The second-order valence-electron chi connectivity index (χ2n) is 7.28. The third-order valence-corrected chi connectivity index (χ3v) is 5.35. The van der Waals surface area contributed by atoms with Gasteiger partial charge in [-0.05, 0) is 49.7 Å². The molecule has 168 valence electrons. The van der Waals surface area contributed by atoms with E-state index in [-0.39, 0.29) is 35.4 Å². The van der Waals surface area contributed by atoms with E-state index >= 15 is 0 Å². The number of carbonyl (C=O) groups is 1. The highest BCUT2D eigenvalue weighted by molar-refractivity contribution is 5.99. The predicted molar refractivity (Wildman–Crippen MR) is 116 cm³/mol. The van der Waals surface area contributed by atoms with E-state index in [4.69, 9.17) is 18.6 Å². The molecular weight excluding hydrogens is 417 g/mol. The van der Waals surface area contributed by atoms with E-state index in [2.05, 4.69) is 0 Å². The minimum atomic E-state index is -0.730. The third kappa shape index (κ3) is 3.71. The summed E-state index contributed by atoms with van der Waals surface area (Å²) in [7, 11) is 1.53. The fourth-order valence-electron chi connectivity index (χ4n) is 4.00. The highest BCUT2D eigenvalue weighted by atomic mass is 19.1. The van der Waals surface area contributed by atoms with Crippen LogP contribution in [0.5, 0.6) is 11.5 Å². The first-order chi connectivity index (χ1) is 15.5. The van der Waals surface area contributed by atoms with Gasteiger partial charge in [-0.2, -0.15) is 0 Å². The first kappa shape index (κ1) is 21.8. The van der Waals surface area contributed by atoms with Crippen LogP contribution >= 0.6 is 0 Å². The molecule has 1 amide bonds. The van der Waals surface area contributed by atoms with Gasteiger partial charge in [-0.25, -0.2) is 4.39 Å². The lowest BCUT2D eigenvalue weighted by Crippen LogP contribution is -2.32. The molecule has 2 heterocycles. The lowest BCUT2D eigenvalue weighted by Gasteiger charge is -2.25. The van der Waals surface area contributed by atoms with E-state index < -0.39 is 23.2 Å². The summed E-state index contributed by atoms with van der Waals surface area (Å²) in [6.45, 7) is 5.13. The molecule has 1 aliphatic heterocycles. The van der Waals surface area contributed by atoms with E-state index in [0.717, 1.165) is 6.07 Å². The van der Waals surface area contributed by atoms with E-state index in [9.17, 15) is 14.0 Å². The Morgan fingerprint density at radius 1 is 1.03 bits per heavy atom. The molecule has 32 heavy (non-hydrogen) atoms. The average molecular weight is 441 g/mol. The van der Waals surface area contributed by atoms with Crippen LogP contribution in [0, 0.1) is 5.82 Å². The quantitative estimate of drug-likeness (QED) is 0.527. The summed E-state index contributed by atoms with van der Waals surface area (Å²) in [5.74, 6) is 0.0650. The Morgan fingerprint density at radius 2 is 1.78 bits per heavy atom. The van der Waals surface area contributed by atoms with E-state index in [1.165, 1.54) is 24.1 Å². The smallest absolute Gasteiger partial charge is 0.290 e. The molecule has 7 nitrogen and oxygen atoms in total. The van der Waals surface area contributed by atoms with Gasteiger partial charge in [0.1, 0.15) is 11.4 Å². The molecule has 0 saturated heterocycles. The molecule has 1 aromatic heterocycles. The summed E-state index contributed by atoms with van der Waals surface area (Å²) in [6, 6.07) is 8.25. The van der Waals surface area contributed by atoms with Gasteiger partial charge in [0.05, 0.1) is 36.8 Å². The van der Waals surface area contributed by atoms with E-state index in [0.29, 0.717) is 30.3 Å². The number of ether oxygens (including phenoxy) is 3. The number of carbonyl (C=O) groups excluding carboxylic acids is 1. The number of amides is 1. The Morgan fingerprint density at radius 3 is 2.50 bits per heavy atom. The lowest BCUT2D eigenvalue weighted by atomic mass is 9.98. The number of methoxy groups -OCH3 is 1. The monoisotopic (exact) mass is 441 g/mol. The van der Waals surface area contributed by atoms with Gasteiger partial charge in [-0.1, -0.05) is 6.07 Å². The van der Waals surface area contributed by atoms with Gasteiger partial charge in [0.25, 0.3) is 5.91 Å². The SMILES string of the molecule is CCOc1ccc(C2c3c(oc4ccc(F)cc4c3=O)C(=O)N2CCOC)cc1OCC. The topological polar surface area (TPSA) is 78.2 Å². The van der Waals surface area contributed by atoms with Crippen molar-refractivity contribution < 1.29 is 27.8 Å². The molecule has 0 radical (unpaired) electrons. The van der Waals surface area contributed by atoms with Crippen LogP contribution in [0.25, 0.3) is 11.0 Å². The molecule has 0 aliphatic carbocycles. The molecule has 1 atom stereocenters. The van der Waals surface area contributed by atoms with Crippen LogP contribution in [-0.2, 0) is 4.74 Å². The fourth-order valence-corrected chi connectivity index (χ4v) is 4.00. The number of hydrogen-bond donors (Lipinski definition) is 0. The van der Waals surface area contributed by atoms with Crippen molar-refractivity contribution in [3.05, 3.63) is 69.3 Å². The third-order valence-electron chi connectivity index (χ3n) is 5.35. The van der Waals surface area contributed by atoms with Crippen molar-refractivity contribution in [1.82, 2.24) is 4.90 Å². The molecule has 0 fully saturated rings. The number of hydrogen-bond acceptors (Lipinski definition) is 6. The molecule has 2 aromatic carbocycles. The van der Waals surface area contributed by atoms with Crippen molar-refractivity contribution >= 4 is 16.9 Å². The predicted octanol–water partition coefficient (Wildman–Crippen LogP) is 3.92. The molecule has 1 unspecified atom stereocenters. The maximum atomic E-state index is 13.9. The zero-order valence-corrected chi connectivity index (χ0v) is 18.1. The van der Waals surface area contributed by atoms with Crippen LogP contribution < -0.4 is 14.9 Å². The van der Waals surface area contributed by atoms with Crippen LogP contribution in [0.15, 0.2) is 45.6 Å². The fraction of sp³-hybridized carbons (Fsp3) is 0.333. The number of benzene rings is 2. The Bertz CT molecular complexity index is 1220. The maximum absolute atomic E-state index is 13.9. The highest BCUT2D eigenvalue weighted by Gasteiger charge is 2.42. The van der Waals surface area contributed by atoms with Crippen LogP contribution in [0.1, 0.15) is 41.6 Å². The van der Waals surface area contributed by atoms with Gasteiger partial charge in [0, 0.05) is 13.7 Å². The molecular formula is C24H24FNO6. The summed E-state index contributed by atoms with van der Waals surface area (Å²) in [5.41, 5.74) is 0.558. The van der Waals surface area contributed by atoms with Gasteiger partial charge in [-0.3, -0.25) is 9.59 Å². The summed E-state index contributed by atoms with van der Waals surface area (Å²) in [6.07, 6.45) is 0. The van der Waals surface area contributed by atoms with Crippen molar-refractivity contribution in [2.24, 2.45) is 0 Å². The average Bonchev–Trinajstić information content (AvgIpc) is 3.06. The minimum absolute atomic E-state index is 0.0398. The Kier molecular flexibility index (Phi) is 6.14. The van der Waals surface area contributed by atoms with Gasteiger partial charge in [0.15, 0.2) is 16.9 Å². The Hall–Kier alpha value is -3.39. The van der Waals surface area contributed by atoms with Crippen molar-refractivity contribution in [3.8, 4) is 11.5 Å². The second-order valence-corrected chi connectivity index (χ2v) is 7.28. The van der Waals surface area contributed by atoms with Gasteiger partial charge < -0.3 is 23.5 Å². The molecule has 0 N–H and O–H groups in total. The van der Waals surface area contributed by atoms with Gasteiger partial charge in [0.2, 0.25) is 5.76 Å². The first-order valence-corrected chi connectivity index (χ1v) is 10.5. The van der Waals surface area contributed by atoms with Gasteiger partial charge in [-0.15, -0.1) is 0 Å². The van der Waals surface area contributed by atoms with Crippen LogP contribution in [0.3, 0.4) is 0 Å². The molecule has 3 aromatic rings. The largest absolute Gasteiger partial charge is 0.490 e. The first-order valence-electron chi connectivity index (χ1n) is 10.5. The number of rotatable bonds is 8. The summed E-state index contributed by atoms with van der Waals surface area (Å²) >= 11 is 0. The second kappa shape index (κ2) is 9.00. The van der Waals surface area contributed by atoms with Crippen molar-refractivity contribution in [1.29, 1.82) is 0 Å². The highest BCUT2D eigenvalue weighted by Crippen LogP contribution is 2.41. The Labute approximate surface area is 184 Å². The molecule has 0 bridgehead atoms. The van der Waals surface area contributed by atoms with Gasteiger partial charge >= 0.3 is 0 Å². The molecule has 0 spiro atoms. The maximum Gasteiger partial charge on any atom is 0.290 e. The standard InChI is InChI=1S/C24H24FNO6/c1-4-30-18-8-6-14(12-19(18)31-5-2)21-20-22(27)16-13-15(25)7-9-17(16)32-23(20)24(28)26(21)10-11-29-3/h6-9,12-13,21H,4-5,10-11H2,1-3H3. The molecule has 4 rings (SSSR count). The summed E-state index contributed by atoms with van der Waals surface area (Å²) < 4.78 is 36.2. The number of fused-ring (bicyclic) bond motifs is 2. The van der Waals surface area contributed by atoms with Crippen LogP contribution in [0.4, 0.5) is 4.39 Å². The summed E-state index contributed by atoms with van der Waals surface area (Å²) in [5, 5.41) is 0.0890. The number of nitrogens with zero attached hydrogens (tertiary/aromatic N) is 1. The zero-order valence-electron chi connectivity index (χ0n) is 18.1. The van der Waals surface area contributed by atoms with Crippen LogP contribution in [-0.4, -0.2) is 44.3 Å². The number of halogens is 1. The minimum Gasteiger partial charge on any atom is -0.490 e. The zero-order chi connectivity index (χ0) is 22.8. The molecule has 1 aliphatic rings. The summed E-state index contributed by atoms with van der Waals surface area (Å²) in [4.78, 5) is 28.2. The van der Waals surface area contributed by atoms with Crippen LogP contribution in [0.2, 0.25) is 0 Å². The van der Waals surface area contributed by atoms with Crippen molar-refractivity contribution in [2.45, 2.75) is 19.9 Å². The lowest BCUT2D eigenvalue weighted by molar-refractivity contribution is 0.0663. The van der Waals surface area contributed by atoms with Crippen molar-refractivity contribution in [3.63, 3.8) is 0 Å². The molecule has 0 saturated carbocycles. The van der Waals surface area contributed by atoms with E-state index in [1.54, 1.807) is 18.2 Å². The van der Waals surface area contributed by atoms with E-state index in [1.807, 2.05) is 13.8 Å². The Balaban J connectivity index is 1.93. The van der Waals surface area contributed by atoms with Crippen molar-refractivity contribution in [2.75, 3.05) is 33.5 Å².